The molecule has 0 radical (unpaired) electrons. The lowest BCUT2D eigenvalue weighted by molar-refractivity contribution is -0.141. The van der Waals surface area contributed by atoms with E-state index in [1.807, 2.05) is 0 Å². The first-order valence-corrected chi connectivity index (χ1v) is 7.55. The molecule has 2 aromatic heterocycles. The zero-order valence-corrected chi connectivity index (χ0v) is 12.6. The quantitative estimate of drug-likeness (QED) is 0.922. The van der Waals surface area contributed by atoms with Gasteiger partial charge in [0, 0.05) is 30.1 Å². The predicted molar refractivity (Wildman–Crippen MR) is 80.7 cm³/mol. The first-order valence-electron chi connectivity index (χ1n) is 7.55. The van der Waals surface area contributed by atoms with Crippen molar-refractivity contribution in [2.75, 3.05) is 5.32 Å². The van der Waals surface area contributed by atoms with E-state index in [-0.39, 0.29) is 17.7 Å². The fourth-order valence-electron chi connectivity index (χ4n) is 2.84. The molecule has 0 aliphatic heterocycles. The Kier molecular flexibility index (Phi) is 4.19. The van der Waals surface area contributed by atoms with Crippen molar-refractivity contribution < 1.29 is 13.2 Å². The molecular formula is C16H17F3N4. The van der Waals surface area contributed by atoms with Gasteiger partial charge in [-0.1, -0.05) is 6.92 Å². The lowest BCUT2D eigenvalue weighted by Crippen LogP contribution is -2.18. The van der Waals surface area contributed by atoms with Crippen molar-refractivity contribution in [2.24, 2.45) is 5.92 Å². The Morgan fingerprint density at radius 2 is 2.04 bits per heavy atom. The second-order valence-corrected chi connectivity index (χ2v) is 5.96. The van der Waals surface area contributed by atoms with Crippen LogP contribution in [0.1, 0.15) is 31.9 Å². The van der Waals surface area contributed by atoms with Crippen molar-refractivity contribution in [3.8, 4) is 11.4 Å². The van der Waals surface area contributed by atoms with E-state index in [1.165, 1.54) is 6.20 Å². The van der Waals surface area contributed by atoms with Crippen LogP contribution in [0.5, 0.6) is 0 Å². The zero-order valence-electron chi connectivity index (χ0n) is 12.6. The van der Waals surface area contributed by atoms with Gasteiger partial charge in [0.15, 0.2) is 11.5 Å². The fraction of sp³-hybridized carbons (Fsp3) is 0.438. The molecule has 4 nitrogen and oxygen atoms in total. The molecule has 1 aliphatic rings. The van der Waals surface area contributed by atoms with Gasteiger partial charge in [0.25, 0.3) is 0 Å². The van der Waals surface area contributed by atoms with Gasteiger partial charge in [0.2, 0.25) is 0 Å². The van der Waals surface area contributed by atoms with Crippen molar-refractivity contribution in [1.82, 2.24) is 15.0 Å². The number of hydrogen-bond acceptors (Lipinski definition) is 4. The molecule has 0 bridgehead atoms. The molecule has 3 rings (SSSR count). The summed E-state index contributed by atoms with van der Waals surface area (Å²) in [6.45, 7) is 2.14. The van der Waals surface area contributed by atoms with Crippen molar-refractivity contribution in [3.05, 3.63) is 36.3 Å². The van der Waals surface area contributed by atoms with Crippen LogP contribution in [0, 0.1) is 5.92 Å². The van der Waals surface area contributed by atoms with Gasteiger partial charge in [-0.3, -0.25) is 4.98 Å². The Labute approximate surface area is 132 Å². The summed E-state index contributed by atoms with van der Waals surface area (Å²) in [4.78, 5) is 11.8. The van der Waals surface area contributed by atoms with Crippen LogP contribution in [0.15, 0.2) is 30.6 Å². The Bertz CT molecular complexity index is 673. The van der Waals surface area contributed by atoms with Crippen LogP contribution in [-0.4, -0.2) is 21.0 Å². The first-order chi connectivity index (χ1) is 10.9. The topological polar surface area (TPSA) is 50.7 Å². The van der Waals surface area contributed by atoms with E-state index in [1.54, 1.807) is 18.3 Å². The van der Waals surface area contributed by atoms with Gasteiger partial charge in [-0.05, 0) is 37.3 Å². The van der Waals surface area contributed by atoms with Crippen molar-refractivity contribution in [2.45, 2.75) is 38.4 Å². The van der Waals surface area contributed by atoms with Crippen molar-refractivity contribution in [1.29, 1.82) is 0 Å². The molecule has 1 aliphatic carbocycles. The number of alkyl halides is 3. The molecule has 122 valence electrons. The monoisotopic (exact) mass is 322 g/mol. The molecule has 0 saturated heterocycles. The van der Waals surface area contributed by atoms with Crippen LogP contribution in [0.25, 0.3) is 11.4 Å². The number of halogens is 3. The van der Waals surface area contributed by atoms with Gasteiger partial charge < -0.3 is 5.32 Å². The molecule has 23 heavy (non-hydrogen) atoms. The molecule has 7 heteroatoms. The van der Waals surface area contributed by atoms with Gasteiger partial charge in [-0.25, -0.2) is 9.97 Å². The Morgan fingerprint density at radius 1 is 1.22 bits per heavy atom. The molecule has 1 fully saturated rings. The number of aromatic nitrogens is 3. The number of nitrogens with one attached hydrogen (secondary N) is 1. The molecule has 2 heterocycles. The van der Waals surface area contributed by atoms with E-state index >= 15 is 0 Å². The highest BCUT2D eigenvalue weighted by molar-refractivity contribution is 5.56. The highest BCUT2D eigenvalue weighted by Gasteiger charge is 2.34. The maximum absolute atomic E-state index is 13.1. The molecule has 1 N–H and O–H groups in total. The maximum atomic E-state index is 13.1. The average Bonchev–Trinajstić information content (AvgIpc) is 2.92. The summed E-state index contributed by atoms with van der Waals surface area (Å²) in [5.41, 5.74) is -0.485. The van der Waals surface area contributed by atoms with Crippen LogP contribution >= 0.6 is 0 Å². The van der Waals surface area contributed by atoms with E-state index in [9.17, 15) is 13.2 Å². The van der Waals surface area contributed by atoms with Gasteiger partial charge in [-0.2, -0.15) is 13.2 Å². The number of hydrogen-bond donors (Lipinski definition) is 1. The second-order valence-electron chi connectivity index (χ2n) is 5.96. The zero-order chi connectivity index (χ0) is 16.4. The molecular weight excluding hydrogens is 305 g/mol. The summed E-state index contributed by atoms with van der Waals surface area (Å²) in [5, 5.41) is 3.12. The lowest BCUT2D eigenvalue weighted by Gasteiger charge is -2.16. The minimum Gasteiger partial charge on any atom is -0.367 e. The summed E-state index contributed by atoms with van der Waals surface area (Å²) >= 11 is 0. The molecule has 1 saturated carbocycles. The number of rotatable bonds is 3. The van der Waals surface area contributed by atoms with E-state index in [4.69, 9.17) is 0 Å². The molecule has 2 atom stereocenters. The van der Waals surface area contributed by atoms with Crippen LogP contribution in [0.4, 0.5) is 19.0 Å². The van der Waals surface area contributed by atoms with Crippen molar-refractivity contribution >= 4 is 5.82 Å². The molecule has 2 unspecified atom stereocenters. The van der Waals surface area contributed by atoms with Gasteiger partial charge in [0.05, 0.1) is 0 Å². The van der Waals surface area contributed by atoms with Gasteiger partial charge >= 0.3 is 6.18 Å². The molecule has 0 aromatic carbocycles. The van der Waals surface area contributed by atoms with E-state index in [0.29, 0.717) is 11.5 Å². The summed E-state index contributed by atoms with van der Waals surface area (Å²) < 4.78 is 39.3. The van der Waals surface area contributed by atoms with E-state index < -0.39 is 11.9 Å². The Hall–Kier alpha value is -2.18. The minimum atomic E-state index is -4.51. The highest BCUT2D eigenvalue weighted by Crippen LogP contribution is 2.32. The number of nitrogens with zero attached hydrogens (tertiary/aromatic N) is 3. The first kappa shape index (κ1) is 15.7. The SMILES string of the molecule is CC1CCC(Nc2cc(C(F)(F)F)nc(-c3cccnc3)n2)C1. The smallest absolute Gasteiger partial charge is 0.367 e. The average molecular weight is 322 g/mol. The maximum Gasteiger partial charge on any atom is 0.433 e. The van der Waals surface area contributed by atoms with Crippen LogP contribution in [-0.2, 0) is 6.18 Å². The Morgan fingerprint density at radius 3 is 2.65 bits per heavy atom. The van der Waals surface area contributed by atoms with Crippen LogP contribution < -0.4 is 5.32 Å². The minimum absolute atomic E-state index is 0.0291. The summed E-state index contributed by atoms with van der Waals surface area (Å²) in [5.74, 6) is 0.820. The largest absolute Gasteiger partial charge is 0.433 e. The normalized spacial score (nSPS) is 21.4. The van der Waals surface area contributed by atoms with E-state index in [0.717, 1.165) is 25.3 Å². The number of pyridine rings is 1. The summed E-state index contributed by atoms with van der Waals surface area (Å²) in [7, 11) is 0. The van der Waals surface area contributed by atoms with Crippen LogP contribution in [0.3, 0.4) is 0 Å². The van der Waals surface area contributed by atoms with Gasteiger partial charge in [0.1, 0.15) is 5.82 Å². The van der Waals surface area contributed by atoms with E-state index in [2.05, 4.69) is 27.2 Å². The van der Waals surface area contributed by atoms with Crippen molar-refractivity contribution in [3.63, 3.8) is 0 Å². The third kappa shape index (κ3) is 3.78. The molecule has 0 spiro atoms. The second kappa shape index (κ2) is 6.14. The predicted octanol–water partition coefficient (Wildman–Crippen LogP) is 4.16. The summed E-state index contributed by atoms with van der Waals surface area (Å²) in [6.07, 6.45) is 1.44. The highest BCUT2D eigenvalue weighted by atomic mass is 19.4. The van der Waals surface area contributed by atoms with Crippen LogP contribution in [0.2, 0.25) is 0 Å². The lowest BCUT2D eigenvalue weighted by atomic mass is 10.1. The molecule has 2 aromatic rings. The summed E-state index contributed by atoms with van der Waals surface area (Å²) in [6, 6.07) is 4.42. The molecule has 0 amide bonds. The third-order valence-corrected chi connectivity index (χ3v) is 3.98. The standard InChI is InChI=1S/C16H17F3N4/c1-10-4-5-12(7-10)21-14-8-13(16(17,18)19)22-15(23-14)11-3-2-6-20-9-11/h2-3,6,8-10,12H,4-5,7H2,1H3,(H,21,22,23). The number of anilines is 1. The van der Waals surface area contributed by atoms with Gasteiger partial charge in [-0.15, -0.1) is 0 Å². The third-order valence-electron chi connectivity index (χ3n) is 3.98. The Balaban J connectivity index is 1.95. The fourth-order valence-corrected chi connectivity index (χ4v) is 2.84.